The van der Waals surface area contributed by atoms with E-state index >= 15 is 0 Å². The van der Waals surface area contributed by atoms with Crippen molar-refractivity contribution in [1.82, 2.24) is 14.5 Å². The third kappa shape index (κ3) is 3.03. The molecule has 2 aromatic heterocycles. The molecule has 0 radical (unpaired) electrons. The van der Waals surface area contributed by atoms with E-state index in [0.717, 1.165) is 29.9 Å². The Labute approximate surface area is 123 Å². The number of ether oxygens (including phenoxy) is 1. The molecule has 0 aliphatic rings. The van der Waals surface area contributed by atoms with Gasteiger partial charge >= 0.3 is 0 Å². The first kappa shape index (κ1) is 13.6. The van der Waals surface area contributed by atoms with Crippen molar-refractivity contribution in [1.29, 1.82) is 0 Å². The summed E-state index contributed by atoms with van der Waals surface area (Å²) >= 11 is 0. The smallest absolute Gasteiger partial charge is 0.203 e. The second-order valence-corrected chi connectivity index (χ2v) is 4.79. The lowest BCUT2D eigenvalue weighted by Gasteiger charge is -2.11. The maximum atomic E-state index is 5.05. The Balaban J connectivity index is 1.84. The van der Waals surface area contributed by atoms with Gasteiger partial charge in [-0.15, -0.1) is 0 Å². The van der Waals surface area contributed by atoms with Gasteiger partial charge in [-0.25, -0.2) is 4.98 Å². The molecule has 1 aromatic carbocycles. The van der Waals surface area contributed by atoms with E-state index < -0.39 is 0 Å². The quantitative estimate of drug-likeness (QED) is 0.706. The van der Waals surface area contributed by atoms with Gasteiger partial charge < -0.3 is 14.6 Å². The SMILES string of the molecule is COCCNc1nccn1Cc1cccc2cccnc12. The molecule has 0 bridgehead atoms. The predicted molar refractivity (Wildman–Crippen MR) is 83.4 cm³/mol. The van der Waals surface area contributed by atoms with Gasteiger partial charge in [0.25, 0.3) is 0 Å². The Morgan fingerprint density at radius 1 is 1.14 bits per heavy atom. The van der Waals surface area contributed by atoms with E-state index in [9.17, 15) is 0 Å². The molecule has 0 atom stereocenters. The highest BCUT2D eigenvalue weighted by Crippen LogP contribution is 2.18. The molecule has 3 rings (SSSR count). The number of benzene rings is 1. The molecule has 0 fully saturated rings. The summed E-state index contributed by atoms with van der Waals surface area (Å²) in [4.78, 5) is 8.83. The second kappa shape index (κ2) is 6.37. The molecule has 5 heteroatoms. The third-order valence-electron chi connectivity index (χ3n) is 3.36. The zero-order valence-electron chi connectivity index (χ0n) is 12.0. The molecule has 3 aromatic rings. The van der Waals surface area contributed by atoms with E-state index in [1.807, 2.05) is 18.5 Å². The number of pyridine rings is 1. The number of imidazole rings is 1. The number of nitrogens with one attached hydrogen (secondary N) is 1. The monoisotopic (exact) mass is 282 g/mol. The van der Waals surface area contributed by atoms with Gasteiger partial charge in [-0.05, 0) is 11.6 Å². The summed E-state index contributed by atoms with van der Waals surface area (Å²) in [5.74, 6) is 0.847. The number of rotatable bonds is 6. The molecule has 0 spiro atoms. The van der Waals surface area contributed by atoms with Crippen LogP contribution in [0.5, 0.6) is 0 Å². The van der Waals surface area contributed by atoms with Gasteiger partial charge in [0.2, 0.25) is 5.95 Å². The summed E-state index contributed by atoms with van der Waals surface area (Å²) in [6.45, 7) is 2.13. The van der Waals surface area contributed by atoms with Crippen LogP contribution in [0.3, 0.4) is 0 Å². The lowest BCUT2D eigenvalue weighted by Crippen LogP contribution is -2.13. The Morgan fingerprint density at radius 3 is 2.95 bits per heavy atom. The number of aromatic nitrogens is 3. The number of nitrogens with zero attached hydrogens (tertiary/aromatic N) is 3. The zero-order chi connectivity index (χ0) is 14.5. The lowest BCUT2D eigenvalue weighted by atomic mass is 10.1. The van der Waals surface area contributed by atoms with Crippen molar-refractivity contribution in [3.05, 3.63) is 54.5 Å². The van der Waals surface area contributed by atoms with Crippen molar-refractivity contribution < 1.29 is 4.74 Å². The fourth-order valence-electron chi connectivity index (χ4n) is 2.35. The number of anilines is 1. The molecular weight excluding hydrogens is 264 g/mol. The number of hydrogen-bond donors (Lipinski definition) is 1. The molecule has 0 saturated carbocycles. The van der Waals surface area contributed by atoms with Gasteiger partial charge in [-0.1, -0.05) is 24.3 Å². The van der Waals surface area contributed by atoms with Crippen molar-refractivity contribution in [2.75, 3.05) is 25.6 Å². The topological polar surface area (TPSA) is 52.0 Å². The molecule has 1 N–H and O–H groups in total. The van der Waals surface area contributed by atoms with Gasteiger partial charge in [0.15, 0.2) is 0 Å². The minimum Gasteiger partial charge on any atom is -0.383 e. The Kier molecular flexibility index (Phi) is 4.12. The average molecular weight is 282 g/mol. The molecule has 2 heterocycles. The Bertz CT molecular complexity index is 718. The van der Waals surface area contributed by atoms with Gasteiger partial charge in [-0.3, -0.25) is 4.98 Å². The Morgan fingerprint density at radius 2 is 2.05 bits per heavy atom. The minimum atomic E-state index is 0.655. The van der Waals surface area contributed by atoms with Crippen LogP contribution in [0.25, 0.3) is 10.9 Å². The van der Waals surface area contributed by atoms with E-state index in [1.165, 1.54) is 5.56 Å². The van der Waals surface area contributed by atoms with Crippen LogP contribution in [0.15, 0.2) is 48.9 Å². The molecule has 0 aliphatic heterocycles. The highest BCUT2D eigenvalue weighted by Gasteiger charge is 2.06. The lowest BCUT2D eigenvalue weighted by molar-refractivity contribution is 0.210. The number of methoxy groups -OCH3 is 1. The van der Waals surface area contributed by atoms with Gasteiger partial charge in [-0.2, -0.15) is 0 Å². The summed E-state index contributed by atoms with van der Waals surface area (Å²) < 4.78 is 7.13. The normalized spacial score (nSPS) is 10.9. The van der Waals surface area contributed by atoms with Crippen LogP contribution < -0.4 is 5.32 Å². The highest BCUT2D eigenvalue weighted by atomic mass is 16.5. The standard InChI is InChI=1S/C16H18N4O/c1-21-11-9-19-16-18-8-10-20(16)12-14-5-2-4-13-6-3-7-17-15(13)14/h2-8,10H,9,11-12H2,1H3,(H,18,19). The van der Waals surface area contributed by atoms with Crippen LogP contribution in [-0.4, -0.2) is 34.8 Å². The van der Waals surface area contributed by atoms with Crippen LogP contribution in [0, 0.1) is 0 Å². The molecule has 0 aliphatic carbocycles. The average Bonchev–Trinajstić information content (AvgIpc) is 2.95. The summed E-state index contributed by atoms with van der Waals surface area (Å²) in [6, 6.07) is 10.3. The molecule has 0 unspecified atom stereocenters. The van der Waals surface area contributed by atoms with Crippen molar-refractivity contribution in [3.8, 4) is 0 Å². The van der Waals surface area contributed by atoms with Crippen molar-refractivity contribution in [2.45, 2.75) is 6.54 Å². The van der Waals surface area contributed by atoms with Crippen molar-refractivity contribution >= 4 is 16.9 Å². The van der Waals surface area contributed by atoms with Gasteiger partial charge in [0, 0.05) is 37.6 Å². The van der Waals surface area contributed by atoms with E-state index in [-0.39, 0.29) is 0 Å². The highest BCUT2D eigenvalue weighted by molar-refractivity contribution is 5.81. The maximum Gasteiger partial charge on any atom is 0.203 e. The van der Waals surface area contributed by atoms with Crippen LogP contribution in [0.1, 0.15) is 5.56 Å². The van der Waals surface area contributed by atoms with E-state index in [1.54, 1.807) is 13.3 Å². The van der Waals surface area contributed by atoms with Crippen molar-refractivity contribution in [2.24, 2.45) is 0 Å². The third-order valence-corrected chi connectivity index (χ3v) is 3.36. The van der Waals surface area contributed by atoms with Crippen LogP contribution >= 0.6 is 0 Å². The number of hydrogen-bond acceptors (Lipinski definition) is 4. The second-order valence-electron chi connectivity index (χ2n) is 4.79. The summed E-state index contributed by atoms with van der Waals surface area (Å²) in [6.07, 6.45) is 5.60. The van der Waals surface area contributed by atoms with E-state index in [4.69, 9.17) is 4.74 Å². The molecular formula is C16H18N4O. The van der Waals surface area contributed by atoms with Crippen molar-refractivity contribution in [3.63, 3.8) is 0 Å². The molecule has 108 valence electrons. The zero-order valence-corrected chi connectivity index (χ0v) is 12.0. The first-order chi connectivity index (χ1) is 10.4. The molecule has 0 saturated heterocycles. The van der Waals surface area contributed by atoms with Gasteiger partial charge in [0.05, 0.1) is 18.7 Å². The first-order valence-corrected chi connectivity index (χ1v) is 6.95. The number of fused-ring (bicyclic) bond motifs is 1. The maximum absolute atomic E-state index is 5.05. The van der Waals surface area contributed by atoms with E-state index in [2.05, 4.69) is 44.1 Å². The Hall–Kier alpha value is -2.40. The van der Waals surface area contributed by atoms with Crippen LogP contribution in [0.4, 0.5) is 5.95 Å². The summed E-state index contributed by atoms with van der Waals surface area (Å²) in [7, 11) is 1.69. The molecule has 5 nitrogen and oxygen atoms in total. The van der Waals surface area contributed by atoms with E-state index in [0.29, 0.717) is 6.61 Å². The predicted octanol–water partition coefficient (Wildman–Crippen LogP) is 2.54. The molecule has 21 heavy (non-hydrogen) atoms. The largest absolute Gasteiger partial charge is 0.383 e. The summed E-state index contributed by atoms with van der Waals surface area (Å²) in [5.41, 5.74) is 2.22. The number of para-hydroxylation sites is 1. The van der Waals surface area contributed by atoms with Crippen LogP contribution in [0.2, 0.25) is 0 Å². The van der Waals surface area contributed by atoms with Crippen LogP contribution in [-0.2, 0) is 11.3 Å². The minimum absolute atomic E-state index is 0.655. The first-order valence-electron chi connectivity index (χ1n) is 6.95. The fraction of sp³-hybridized carbons (Fsp3) is 0.250. The van der Waals surface area contributed by atoms with Gasteiger partial charge in [0.1, 0.15) is 0 Å². The summed E-state index contributed by atoms with van der Waals surface area (Å²) in [5, 5.41) is 4.43. The fourth-order valence-corrected chi connectivity index (χ4v) is 2.35. The molecule has 0 amide bonds.